The van der Waals surface area contributed by atoms with Crippen LogP contribution in [0.2, 0.25) is 0 Å². The number of piperidine rings is 1. The minimum absolute atomic E-state index is 0.00170. The maximum absolute atomic E-state index is 15.7. The molecule has 1 fully saturated rings. The lowest BCUT2D eigenvalue weighted by Gasteiger charge is -2.32. The molecule has 2 N–H and O–H groups in total. The van der Waals surface area contributed by atoms with Crippen molar-refractivity contribution in [2.45, 2.75) is 64.3 Å². The Balaban J connectivity index is 1.05. The summed E-state index contributed by atoms with van der Waals surface area (Å²) in [4.78, 5) is 52.1. The monoisotopic (exact) mass is 671 g/mol. The van der Waals surface area contributed by atoms with Gasteiger partial charge in [-0.3, -0.25) is 19.7 Å². The maximum atomic E-state index is 15.7. The Morgan fingerprint density at radius 1 is 1.10 bits per heavy atom. The summed E-state index contributed by atoms with van der Waals surface area (Å²) in [6.45, 7) is 5.34. The van der Waals surface area contributed by atoms with Crippen LogP contribution < -0.4 is 15.4 Å². The molecule has 0 saturated carbocycles. The number of halogens is 1. The molecule has 48 heavy (non-hydrogen) atoms. The number of anilines is 1. The third-order valence-electron chi connectivity index (χ3n) is 9.28. The maximum Gasteiger partial charge on any atom is 0.255 e. The van der Waals surface area contributed by atoms with Crippen molar-refractivity contribution in [2.24, 2.45) is 0 Å². The quantitative estimate of drug-likeness (QED) is 0.220. The van der Waals surface area contributed by atoms with Crippen LogP contribution >= 0.6 is 11.3 Å². The van der Waals surface area contributed by atoms with Gasteiger partial charge in [-0.25, -0.2) is 14.4 Å². The van der Waals surface area contributed by atoms with Crippen LogP contribution in [0.1, 0.15) is 66.0 Å². The van der Waals surface area contributed by atoms with Crippen LogP contribution in [-0.4, -0.2) is 74.3 Å². The van der Waals surface area contributed by atoms with Crippen LogP contribution in [-0.2, 0) is 29.1 Å². The third kappa shape index (κ3) is 6.44. The summed E-state index contributed by atoms with van der Waals surface area (Å²) >= 11 is 1.28. The van der Waals surface area contributed by atoms with Gasteiger partial charge in [-0.05, 0) is 61.2 Å². The summed E-state index contributed by atoms with van der Waals surface area (Å²) in [6, 6.07) is 9.50. The SMILES string of the molecule is CCCNCC(=O)N1CCC(Oc2ccc(-c3cc(F)c4c(c3)C(=O)N(C(C(=O)Nc3nccs3)c3ncn5c3CCC5)C4)cc2)CC1. The molecule has 0 spiro atoms. The van der Waals surface area contributed by atoms with Crippen LogP contribution in [0.4, 0.5) is 9.52 Å². The fourth-order valence-electron chi connectivity index (χ4n) is 6.79. The van der Waals surface area contributed by atoms with Gasteiger partial charge in [-0.2, -0.15) is 0 Å². The van der Waals surface area contributed by atoms with Gasteiger partial charge >= 0.3 is 0 Å². The molecule has 0 bridgehead atoms. The van der Waals surface area contributed by atoms with Crippen LogP contribution in [0.3, 0.4) is 0 Å². The first-order chi connectivity index (χ1) is 23.4. The number of likely N-dealkylation sites (tertiary alicyclic amines) is 1. The minimum atomic E-state index is -1.04. The zero-order chi connectivity index (χ0) is 33.2. The number of imidazole rings is 1. The Labute approximate surface area is 282 Å². The second kappa shape index (κ2) is 13.9. The van der Waals surface area contributed by atoms with Gasteiger partial charge in [0.25, 0.3) is 11.8 Å². The van der Waals surface area contributed by atoms with Crippen molar-refractivity contribution >= 4 is 34.2 Å². The molecule has 1 atom stereocenters. The van der Waals surface area contributed by atoms with Crippen molar-refractivity contribution in [2.75, 3.05) is 31.5 Å². The molecule has 3 amide bonds. The number of carbonyl (C=O) groups excluding carboxylic acids is 3. The summed E-state index contributed by atoms with van der Waals surface area (Å²) < 4.78 is 23.9. The van der Waals surface area contributed by atoms with Gasteiger partial charge in [0.05, 0.1) is 25.1 Å². The summed E-state index contributed by atoms with van der Waals surface area (Å²) in [5, 5.41) is 8.17. The Kier molecular flexibility index (Phi) is 9.22. The fourth-order valence-corrected chi connectivity index (χ4v) is 7.32. The molecule has 13 heteroatoms. The second-order valence-corrected chi connectivity index (χ2v) is 13.3. The molecule has 3 aliphatic heterocycles. The predicted molar refractivity (Wildman–Crippen MR) is 179 cm³/mol. The molecule has 0 aliphatic carbocycles. The molecule has 5 heterocycles. The molecule has 0 radical (unpaired) electrons. The van der Waals surface area contributed by atoms with Gasteiger partial charge < -0.3 is 24.4 Å². The van der Waals surface area contributed by atoms with Crippen molar-refractivity contribution in [3.8, 4) is 16.9 Å². The molecule has 1 saturated heterocycles. The molecular formula is C35H38FN7O4S. The second-order valence-electron chi connectivity index (χ2n) is 12.4. The summed E-state index contributed by atoms with van der Waals surface area (Å²) in [7, 11) is 0. The van der Waals surface area contributed by atoms with Crippen molar-refractivity contribution in [3.63, 3.8) is 0 Å². The molecular weight excluding hydrogens is 633 g/mol. The highest BCUT2D eigenvalue weighted by Gasteiger charge is 2.42. The van der Waals surface area contributed by atoms with Crippen molar-refractivity contribution in [1.29, 1.82) is 0 Å². The largest absolute Gasteiger partial charge is 0.490 e. The van der Waals surface area contributed by atoms with E-state index in [2.05, 4.69) is 27.5 Å². The van der Waals surface area contributed by atoms with E-state index >= 15 is 4.39 Å². The van der Waals surface area contributed by atoms with Crippen molar-refractivity contribution < 1.29 is 23.5 Å². The van der Waals surface area contributed by atoms with Gasteiger partial charge in [-0.1, -0.05) is 19.1 Å². The van der Waals surface area contributed by atoms with Crippen molar-refractivity contribution in [1.82, 2.24) is 29.7 Å². The highest BCUT2D eigenvalue weighted by molar-refractivity contribution is 7.13. The molecule has 2 aromatic heterocycles. The topological polar surface area (TPSA) is 122 Å². The summed E-state index contributed by atoms with van der Waals surface area (Å²) in [5.41, 5.74) is 3.22. The van der Waals surface area contributed by atoms with E-state index < -0.39 is 23.7 Å². The molecule has 3 aliphatic rings. The highest BCUT2D eigenvalue weighted by Crippen LogP contribution is 2.38. The van der Waals surface area contributed by atoms with E-state index in [0.717, 1.165) is 56.5 Å². The Morgan fingerprint density at radius 3 is 2.67 bits per heavy atom. The highest BCUT2D eigenvalue weighted by atomic mass is 32.1. The van der Waals surface area contributed by atoms with Gasteiger partial charge in [0.1, 0.15) is 17.7 Å². The van der Waals surface area contributed by atoms with E-state index in [1.165, 1.54) is 22.3 Å². The Bertz CT molecular complexity index is 1800. The van der Waals surface area contributed by atoms with Crippen LogP contribution in [0.25, 0.3) is 11.1 Å². The molecule has 7 rings (SSSR count). The first-order valence-corrected chi connectivity index (χ1v) is 17.4. The van der Waals surface area contributed by atoms with Crippen LogP contribution in [0.5, 0.6) is 5.75 Å². The number of thiazole rings is 1. The van der Waals surface area contributed by atoms with E-state index in [9.17, 15) is 14.4 Å². The summed E-state index contributed by atoms with van der Waals surface area (Å²) in [5.74, 6) is -0.542. The molecule has 250 valence electrons. The van der Waals surface area contributed by atoms with Crippen molar-refractivity contribution in [3.05, 3.63) is 82.6 Å². The predicted octanol–water partition coefficient (Wildman–Crippen LogP) is 4.80. The third-order valence-corrected chi connectivity index (χ3v) is 9.96. The number of ether oxygens (including phenoxy) is 1. The van der Waals surface area contributed by atoms with E-state index in [1.54, 1.807) is 24.0 Å². The van der Waals surface area contributed by atoms with E-state index in [1.807, 2.05) is 33.7 Å². The molecule has 1 unspecified atom stereocenters. The number of hydrogen-bond acceptors (Lipinski definition) is 8. The molecule has 4 aromatic rings. The number of amides is 3. The summed E-state index contributed by atoms with van der Waals surface area (Å²) in [6.07, 6.45) is 7.47. The first-order valence-electron chi connectivity index (χ1n) is 16.5. The van der Waals surface area contributed by atoms with E-state index in [0.29, 0.717) is 41.8 Å². The normalized spacial score (nSPS) is 16.6. The fraction of sp³-hybridized carbons (Fsp3) is 0.400. The average Bonchev–Trinajstić information content (AvgIpc) is 3.90. The van der Waals surface area contributed by atoms with Gasteiger partial charge in [0, 0.05) is 60.9 Å². The smallest absolute Gasteiger partial charge is 0.255 e. The Morgan fingerprint density at radius 2 is 1.92 bits per heavy atom. The number of hydrogen-bond donors (Lipinski definition) is 2. The lowest BCUT2D eigenvalue weighted by molar-refractivity contribution is -0.132. The lowest BCUT2D eigenvalue weighted by Crippen LogP contribution is -2.45. The number of aryl methyl sites for hydroxylation is 1. The number of nitrogens with zero attached hydrogens (tertiary/aromatic N) is 5. The number of nitrogens with one attached hydrogen (secondary N) is 2. The number of aromatic nitrogens is 3. The van der Waals surface area contributed by atoms with Crippen LogP contribution in [0.15, 0.2) is 54.3 Å². The van der Waals surface area contributed by atoms with Gasteiger partial charge in [0.15, 0.2) is 11.2 Å². The number of carbonyl (C=O) groups is 3. The number of benzene rings is 2. The van der Waals surface area contributed by atoms with E-state index in [-0.39, 0.29) is 29.7 Å². The molecule has 2 aromatic carbocycles. The zero-order valence-electron chi connectivity index (χ0n) is 26.8. The number of rotatable bonds is 11. The van der Waals surface area contributed by atoms with Crippen LogP contribution in [0, 0.1) is 5.82 Å². The Hall–Kier alpha value is -4.62. The first kappa shape index (κ1) is 32.0. The zero-order valence-corrected chi connectivity index (χ0v) is 27.6. The number of fused-ring (bicyclic) bond motifs is 2. The minimum Gasteiger partial charge on any atom is -0.490 e. The average molecular weight is 672 g/mol. The van der Waals surface area contributed by atoms with Gasteiger partial charge in [-0.15, -0.1) is 11.3 Å². The van der Waals surface area contributed by atoms with Gasteiger partial charge in [0.2, 0.25) is 5.91 Å². The standard InChI is InChI=1S/C35H38FN7O4S/c1-2-11-37-19-30(44)41-14-9-25(10-15-41)47-24-7-5-22(6-8-24)23-17-26-27(28(36)18-23)20-43(34(26)46)32(33(45)40-35-38-12-16-48-35)31-29-4-3-13-42(29)21-39-31/h5-8,12,16-18,21,25,32,37H,2-4,9-11,13-15,19-20H2,1H3,(H,38,40,45). The van der Waals surface area contributed by atoms with E-state index in [4.69, 9.17) is 4.74 Å². The lowest BCUT2D eigenvalue weighted by atomic mass is 9.99. The molecule has 11 nitrogen and oxygen atoms in total.